The molecular formula is C22H15N3O3. The lowest BCUT2D eigenvalue weighted by atomic mass is 10.1. The van der Waals surface area contributed by atoms with E-state index < -0.39 is 0 Å². The molecule has 5 aromatic rings. The van der Waals surface area contributed by atoms with Gasteiger partial charge in [-0.25, -0.2) is 4.98 Å². The molecule has 0 fully saturated rings. The van der Waals surface area contributed by atoms with E-state index in [4.69, 9.17) is 4.42 Å². The van der Waals surface area contributed by atoms with E-state index in [1.807, 2.05) is 48.5 Å². The highest BCUT2D eigenvalue weighted by atomic mass is 16.3. The number of nitrogens with one attached hydrogen (secondary N) is 1. The van der Waals surface area contributed by atoms with Crippen LogP contribution in [0.1, 0.15) is 0 Å². The molecule has 0 aliphatic rings. The van der Waals surface area contributed by atoms with E-state index in [1.165, 1.54) is 10.8 Å². The molecule has 0 atom stereocenters. The van der Waals surface area contributed by atoms with Gasteiger partial charge in [0.2, 0.25) is 5.91 Å². The molecule has 3 aromatic carbocycles. The molecule has 0 aliphatic carbocycles. The fourth-order valence-electron chi connectivity index (χ4n) is 3.43. The Hall–Kier alpha value is -3.93. The zero-order chi connectivity index (χ0) is 19.1. The SMILES string of the molecule is O=C(Cn1c(=O)cnc2ccccc21)Nc1ccc2oc3ccccc3c2c1. The van der Waals surface area contributed by atoms with Gasteiger partial charge >= 0.3 is 0 Å². The number of rotatable bonds is 3. The zero-order valence-electron chi connectivity index (χ0n) is 14.8. The summed E-state index contributed by atoms with van der Waals surface area (Å²) in [6.45, 7) is -0.0912. The molecule has 5 rings (SSSR count). The average Bonchev–Trinajstić information content (AvgIpc) is 3.08. The molecular weight excluding hydrogens is 354 g/mol. The molecule has 0 bridgehead atoms. The number of fused-ring (bicyclic) bond motifs is 4. The molecule has 0 unspecified atom stereocenters. The van der Waals surface area contributed by atoms with Crippen LogP contribution in [0, 0.1) is 0 Å². The summed E-state index contributed by atoms with van der Waals surface area (Å²) in [6, 6.07) is 20.5. The standard InChI is InChI=1S/C22H15N3O3/c26-21(13-25-18-7-3-2-6-17(18)23-12-22(25)27)24-14-9-10-20-16(11-14)15-5-1-4-8-19(15)28-20/h1-12H,13H2,(H,24,26). The van der Waals surface area contributed by atoms with Gasteiger partial charge in [0, 0.05) is 16.5 Å². The maximum absolute atomic E-state index is 12.6. The highest BCUT2D eigenvalue weighted by Gasteiger charge is 2.11. The van der Waals surface area contributed by atoms with Crippen LogP contribution in [0.25, 0.3) is 33.0 Å². The van der Waals surface area contributed by atoms with Crippen LogP contribution >= 0.6 is 0 Å². The van der Waals surface area contributed by atoms with E-state index in [1.54, 1.807) is 18.2 Å². The minimum absolute atomic E-state index is 0.0912. The van der Waals surface area contributed by atoms with Gasteiger partial charge in [-0.2, -0.15) is 0 Å². The van der Waals surface area contributed by atoms with E-state index in [9.17, 15) is 9.59 Å². The molecule has 2 aromatic heterocycles. The Balaban J connectivity index is 1.47. The Morgan fingerprint density at radius 1 is 0.964 bits per heavy atom. The van der Waals surface area contributed by atoms with E-state index >= 15 is 0 Å². The molecule has 0 saturated heterocycles. The highest BCUT2D eigenvalue weighted by Crippen LogP contribution is 2.30. The number of carbonyl (C=O) groups is 1. The minimum atomic E-state index is -0.315. The van der Waals surface area contributed by atoms with Gasteiger partial charge < -0.3 is 9.73 Å². The number of amides is 1. The zero-order valence-corrected chi connectivity index (χ0v) is 14.8. The van der Waals surface area contributed by atoms with Gasteiger partial charge in [0.05, 0.1) is 17.2 Å². The number of benzene rings is 3. The van der Waals surface area contributed by atoms with Crippen LogP contribution in [0.2, 0.25) is 0 Å². The number of hydrogen-bond donors (Lipinski definition) is 1. The second kappa shape index (κ2) is 6.35. The summed E-state index contributed by atoms with van der Waals surface area (Å²) in [4.78, 5) is 28.9. The lowest BCUT2D eigenvalue weighted by Gasteiger charge is -2.10. The largest absolute Gasteiger partial charge is 0.456 e. The minimum Gasteiger partial charge on any atom is -0.456 e. The van der Waals surface area contributed by atoms with Crippen molar-refractivity contribution in [3.8, 4) is 0 Å². The average molecular weight is 369 g/mol. The maximum Gasteiger partial charge on any atom is 0.269 e. The third-order valence-electron chi connectivity index (χ3n) is 4.71. The molecule has 2 heterocycles. The highest BCUT2D eigenvalue weighted by molar-refractivity contribution is 6.06. The quantitative estimate of drug-likeness (QED) is 0.523. The number of anilines is 1. The number of nitrogens with zero attached hydrogens (tertiary/aromatic N) is 2. The van der Waals surface area contributed by atoms with Gasteiger partial charge in [0.1, 0.15) is 17.7 Å². The Kier molecular flexibility index (Phi) is 3.69. The van der Waals surface area contributed by atoms with Crippen LogP contribution in [-0.4, -0.2) is 15.5 Å². The van der Waals surface area contributed by atoms with Gasteiger partial charge in [-0.3, -0.25) is 14.2 Å². The summed E-state index contributed by atoms with van der Waals surface area (Å²) in [6.07, 6.45) is 1.24. The summed E-state index contributed by atoms with van der Waals surface area (Å²) in [5.74, 6) is -0.286. The molecule has 6 nitrogen and oxygen atoms in total. The molecule has 0 saturated carbocycles. The third-order valence-corrected chi connectivity index (χ3v) is 4.71. The molecule has 6 heteroatoms. The van der Waals surface area contributed by atoms with Gasteiger partial charge in [0.25, 0.3) is 5.56 Å². The Morgan fingerprint density at radius 3 is 2.68 bits per heavy atom. The lowest BCUT2D eigenvalue weighted by Crippen LogP contribution is -2.27. The van der Waals surface area contributed by atoms with Crippen LogP contribution < -0.4 is 10.9 Å². The summed E-state index contributed by atoms with van der Waals surface area (Å²) in [7, 11) is 0. The lowest BCUT2D eigenvalue weighted by molar-refractivity contribution is -0.116. The summed E-state index contributed by atoms with van der Waals surface area (Å²) in [5, 5.41) is 4.79. The predicted octanol–water partition coefficient (Wildman–Crippen LogP) is 3.93. The third kappa shape index (κ3) is 2.72. The Bertz CT molecular complexity index is 1420. The summed E-state index contributed by atoms with van der Waals surface area (Å²) >= 11 is 0. The van der Waals surface area contributed by atoms with Crippen LogP contribution in [-0.2, 0) is 11.3 Å². The monoisotopic (exact) mass is 369 g/mol. The first kappa shape index (κ1) is 16.3. The predicted molar refractivity (Wildman–Crippen MR) is 108 cm³/mol. The van der Waals surface area contributed by atoms with Crippen LogP contribution in [0.5, 0.6) is 0 Å². The second-order valence-corrected chi connectivity index (χ2v) is 6.53. The fourth-order valence-corrected chi connectivity index (χ4v) is 3.43. The van der Waals surface area contributed by atoms with Crippen molar-refractivity contribution in [1.29, 1.82) is 0 Å². The molecule has 0 radical (unpaired) electrons. The molecule has 0 aliphatic heterocycles. The first-order valence-corrected chi connectivity index (χ1v) is 8.85. The Morgan fingerprint density at radius 2 is 1.75 bits per heavy atom. The maximum atomic E-state index is 12.6. The van der Waals surface area contributed by atoms with Crippen LogP contribution in [0.4, 0.5) is 5.69 Å². The fraction of sp³-hybridized carbons (Fsp3) is 0.0455. The van der Waals surface area contributed by atoms with Crippen LogP contribution in [0.3, 0.4) is 0 Å². The first-order chi connectivity index (χ1) is 13.7. The molecule has 136 valence electrons. The van der Waals surface area contributed by atoms with Gasteiger partial charge in [-0.1, -0.05) is 30.3 Å². The number of aromatic nitrogens is 2. The van der Waals surface area contributed by atoms with Gasteiger partial charge in [-0.15, -0.1) is 0 Å². The summed E-state index contributed by atoms with van der Waals surface area (Å²) < 4.78 is 7.23. The van der Waals surface area contributed by atoms with Crippen molar-refractivity contribution in [1.82, 2.24) is 9.55 Å². The summed E-state index contributed by atoms with van der Waals surface area (Å²) in [5.41, 5.74) is 3.19. The molecule has 1 amide bonds. The number of para-hydroxylation sites is 3. The Labute approximate surface area is 159 Å². The molecule has 1 N–H and O–H groups in total. The van der Waals surface area contributed by atoms with E-state index in [-0.39, 0.29) is 18.0 Å². The van der Waals surface area contributed by atoms with Crippen molar-refractivity contribution < 1.29 is 9.21 Å². The van der Waals surface area contributed by atoms with Crippen molar-refractivity contribution in [2.45, 2.75) is 6.54 Å². The van der Waals surface area contributed by atoms with Crippen molar-refractivity contribution in [2.75, 3.05) is 5.32 Å². The van der Waals surface area contributed by atoms with Gasteiger partial charge in [-0.05, 0) is 36.4 Å². The first-order valence-electron chi connectivity index (χ1n) is 8.85. The van der Waals surface area contributed by atoms with Crippen molar-refractivity contribution in [2.24, 2.45) is 0 Å². The normalized spacial score (nSPS) is 11.3. The number of hydrogen-bond acceptors (Lipinski definition) is 4. The smallest absolute Gasteiger partial charge is 0.269 e. The van der Waals surface area contributed by atoms with Crippen LogP contribution in [0.15, 0.2) is 82.1 Å². The van der Waals surface area contributed by atoms with E-state index in [2.05, 4.69) is 10.3 Å². The van der Waals surface area contributed by atoms with Gasteiger partial charge in [0.15, 0.2) is 0 Å². The van der Waals surface area contributed by atoms with Crippen molar-refractivity contribution in [3.05, 3.63) is 83.3 Å². The topological polar surface area (TPSA) is 77.1 Å². The van der Waals surface area contributed by atoms with Crippen molar-refractivity contribution in [3.63, 3.8) is 0 Å². The van der Waals surface area contributed by atoms with Crippen molar-refractivity contribution >= 4 is 44.6 Å². The molecule has 28 heavy (non-hydrogen) atoms. The number of furan rings is 1. The molecule has 0 spiro atoms. The van der Waals surface area contributed by atoms with E-state index in [0.29, 0.717) is 16.7 Å². The number of carbonyl (C=O) groups excluding carboxylic acids is 1. The van der Waals surface area contributed by atoms with E-state index in [0.717, 1.165) is 21.9 Å². The second-order valence-electron chi connectivity index (χ2n) is 6.53.